The summed E-state index contributed by atoms with van der Waals surface area (Å²) in [5.41, 5.74) is -0.714. The molecule has 0 unspecified atom stereocenters. The smallest absolute Gasteiger partial charge is 0.133 e. The normalized spacial score (nSPS) is 57.9. The summed E-state index contributed by atoms with van der Waals surface area (Å²) in [6.07, 6.45) is 7.80. The topological polar surface area (TPSA) is 57.5 Å². The molecule has 4 rings (SSSR count). The number of rotatable bonds is 0. The lowest BCUT2D eigenvalue weighted by molar-refractivity contribution is -0.235. The van der Waals surface area contributed by atoms with Crippen LogP contribution >= 0.6 is 0 Å². The van der Waals surface area contributed by atoms with Gasteiger partial charge in [0.1, 0.15) is 5.78 Å². The fraction of sp³-hybridized carbons (Fsp3) is 0.947. The van der Waals surface area contributed by atoms with Crippen LogP contribution in [0.2, 0.25) is 0 Å². The molecule has 0 spiro atoms. The van der Waals surface area contributed by atoms with Crippen LogP contribution in [0.15, 0.2) is 0 Å². The van der Waals surface area contributed by atoms with Gasteiger partial charge in [0.25, 0.3) is 0 Å². The standard InChI is InChI=1S/C19H30O3/c1-17-9-10-19(22)15(14(17)5-6-16(17)21)4-3-12-11-13(20)7-8-18(12,19)2/h12,14-16,21-22H,3-11H2,1-2H3/t12-,14-,15+,16-,17-,18-,19+/m0/s1. The van der Waals surface area contributed by atoms with Crippen LogP contribution in [-0.2, 0) is 4.79 Å². The maximum atomic E-state index is 11.9. The van der Waals surface area contributed by atoms with Crippen LogP contribution in [0.5, 0.6) is 0 Å². The van der Waals surface area contributed by atoms with Gasteiger partial charge in [0.05, 0.1) is 11.7 Å². The Morgan fingerprint density at radius 2 is 1.73 bits per heavy atom. The Bertz CT molecular complexity index is 503. The van der Waals surface area contributed by atoms with Gasteiger partial charge in [0, 0.05) is 18.3 Å². The molecule has 3 nitrogen and oxygen atoms in total. The molecule has 124 valence electrons. The molecule has 0 heterocycles. The van der Waals surface area contributed by atoms with E-state index in [0.717, 1.165) is 44.9 Å². The maximum Gasteiger partial charge on any atom is 0.133 e. The summed E-state index contributed by atoms with van der Waals surface area (Å²) in [5, 5.41) is 22.2. The molecule has 4 fully saturated rings. The van der Waals surface area contributed by atoms with Gasteiger partial charge in [-0.05, 0) is 68.1 Å². The second kappa shape index (κ2) is 4.57. The zero-order valence-electron chi connectivity index (χ0n) is 14.0. The Balaban J connectivity index is 1.71. The van der Waals surface area contributed by atoms with Crippen molar-refractivity contribution in [1.29, 1.82) is 0 Å². The molecule has 4 aliphatic rings. The van der Waals surface area contributed by atoms with Gasteiger partial charge < -0.3 is 10.2 Å². The Morgan fingerprint density at radius 1 is 1.00 bits per heavy atom. The molecule has 22 heavy (non-hydrogen) atoms. The Hall–Kier alpha value is -0.410. The number of carbonyl (C=O) groups is 1. The molecule has 0 aromatic carbocycles. The first-order valence-corrected chi connectivity index (χ1v) is 9.23. The number of hydrogen-bond acceptors (Lipinski definition) is 3. The van der Waals surface area contributed by atoms with Crippen LogP contribution < -0.4 is 0 Å². The number of aliphatic hydroxyl groups is 2. The highest BCUT2D eigenvalue weighted by Crippen LogP contribution is 2.67. The van der Waals surface area contributed by atoms with E-state index in [2.05, 4.69) is 13.8 Å². The molecule has 4 aliphatic carbocycles. The minimum absolute atomic E-state index is 0.00454. The van der Waals surface area contributed by atoms with Crippen LogP contribution in [0.4, 0.5) is 0 Å². The van der Waals surface area contributed by atoms with Gasteiger partial charge in [-0.15, -0.1) is 0 Å². The quantitative estimate of drug-likeness (QED) is 0.723. The van der Waals surface area contributed by atoms with Crippen molar-refractivity contribution >= 4 is 5.78 Å². The molecule has 0 amide bonds. The van der Waals surface area contributed by atoms with E-state index in [-0.39, 0.29) is 16.9 Å². The highest BCUT2D eigenvalue weighted by atomic mass is 16.3. The van der Waals surface area contributed by atoms with E-state index < -0.39 is 5.60 Å². The van der Waals surface area contributed by atoms with E-state index in [9.17, 15) is 15.0 Å². The number of aliphatic hydroxyl groups excluding tert-OH is 1. The van der Waals surface area contributed by atoms with Crippen LogP contribution in [0.25, 0.3) is 0 Å². The minimum atomic E-state index is -0.620. The molecule has 0 saturated heterocycles. The average molecular weight is 306 g/mol. The maximum absolute atomic E-state index is 11.9. The Kier molecular flexibility index (Phi) is 3.14. The van der Waals surface area contributed by atoms with E-state index in [1.807, 2.05) is 0 Å². The minimum Gasteiger partial charge on any atom is -0.393 e. The van der Waals surface area contributed by atoms with Gasteiger partial charge in [0.15, 0.2) is 0 Å². The number of fused-ring (bicyclic) bond motifs is 5. The summed E-state index contributed by atoms with van der Waals surface area (Å²) in [4.78, 5) is 11.9. The van der Waals surface area contributed by atoms with Crippen molar-refractivity contribution in [3.05, 3.63) is 0 Å². The van der Waals surface area contributed by atoms with Gasteiger partial charge in [-0.3, -0.25) is 4.79 Å². The largest absolute Gasteiger partial charge is 0.393 e. The summed E-state index contributed by atoms with van der Waals surface area (Å²) in [7, 11) is 0. The summed E-state index contributed by atoms with van der Waals surface area (Å²) in [5.74, 6) is 1.53. The third kappa shape index (κ3) is 1.67. The van der Waals surface area contributed by atoms with Crippen molar-refractivity contribution in [1.82, 2.24) is 0 Å². The van der Waals surface area contributed by atoms with E-state index >= 15 is 0 Å². The van der Waals surface area contributed by atoms with Gasteiger partial charge in [-0.2, -0.15) is 0 Å². The molecule has 3 heteroatoms. The Morgan fingerprint density at radius 3 is 2.50 bits per heavy atom. The van der Waals surface area contributed by atoms with Crippen LogP contribution in [0.1, 0.15) is 71.6 Å². The summed E-state index contributed by atoms with van der Waals surface area (Å²) in [6.45, 7) is 4.50. The third-order valence-corrected chi connectivity index (χ3v) is 8.62. The molecule has 0 aromatic heterocycles. The molecule has 2 N–H and O–H groups in total. The van der Waals surface area contributed by atoms with Gasteiger partial charge in [-0.25, -0.2) is 0 Å². The predicted molar refractivity (Wildman–Crippen MR) is 84.2 cm³/mol. The SMILES string of the molecule is C[C@]12CC[C@@]3(O)[C@H](CC[C@H]4CC(=O)CC[C@@]43C)[C@@H]1CC[C@@H]2O. The molecule has 0 aliphatic heterocycles. The zero-order valence-corrected chi connectivity index (χ0v) is 14.0. The number of Topliss-reactive ketones (excluding diaryl/α,β-unsaturated/α-hetero) is 1. The number of hydrogen-bond donors (Lipinski definition) is 2. The lowest BCUT2D eigenvalue weighted by Crippen LogP contribution is -2.65. The van der Waals surface area contributed by atoms with Crippen LogP contribution in [0, 0.1) is 28.6 Å². The molecule has 0 radical (unpaired) electrons. The predicted octanol–water partition coefficient (Wildman–Crippen LogP) is 3.07. The molecule has 0 aromatic rings. The van der Waals surface area contributed by atoms with Crippen molar-refractivity contribution in [3.63, 3.8) is 0 Å². The first-order valence-electron chi connectivity index (χ1n) is 9.23. The van der Waals surface area contributed by atoms with E-state index in [1.54, 1.807) is 0 Å². The van der Waals surface area contributed by atoms with Crippen molar-refractivity contribution in [3.8, 4) is 0 Å². The van der Waals surface area contributed by atoms with Crippen molar-refractivity contribution < 1.29 is 15.0 Å². The molecule has 4 saturated carbocycles. The molecule has 7 atom stereocenters. The van der Waals surface area contributed by atoms with Crippen molar-refractivity contribution in [2.45, 2.75) is 83.3 Å². The van der Waals surface area contributed by atoms with E-state index in [1.165, 1.54) is 0 Å². The number of carbonyl (C=O) groups excluding carboxylic acids is 1. The lowest BCUT2D eigenvalue weighted by atomic mass is 9.43. The van der Waals surface area contributed by atoms with Gasteiger partial charge in [0.2, 0.25) is 0 Å². The van der Waals surface area contributed by atoms with Gasteiger partial charge in [-0.1, -0.05) is 13.8 Å². The van der Waals surface area contributed by atoms with Crippen LogP contribution in [-0.4, -0.2) is 27.7 Å². The first-order chi connectivity index (χ1) is 10.3. The molecular formula is C19H30O3. The van der Waals surface area contributed by atoms with Crippen LogP contribution in [0.3, 0.4) is 0 Å². The fourth-order valence-corrected chi connectivity index (χ4v) is 6.96. The molecular weight excluding hydrogens is 276 g/mol. The zero-order chi connectivity index (χ0) is 15.8. The second-order valence-electron chi connectivity index (χ2n) is 9.17. The number of ketones is 1. The van der Waals surface area contributed by atoms with Crippen molar-refractivity contribution in [2.75, 3.05) is 0 Å². The average Bonchev–Trinajstić information content (AvgIpc) is 2.77. The third-order valence-electron chi connectivity index (χ3n) is 8.62. The highest BCUT2D eigenvalue weighted by Gasteiger charge is 2.66. The lowest BCUT2D eigenvalue weighted by Gasteiger charge is -2.64. The molecule has 0 bridgehead atoms. The van der Waals surface area contributed by atoms with E-state index in [4.69, 9.17) is 0 Å². The van der Waals surface area contributed by atoms with Gasteiger partial charge >= 0.3 is 0 Å². The fourth-order valence-electron chi connectivity index (χ4n) is 6.96. The Labute approximate surface area is 133 Å². The summed E-state index contributed by atoms with van der Waals surface area (Å²) in [6, 6.07) is 0. The monoisotopic (exact) mass is 306 g/mol. The van der Waals surface area contributed by atoms with Crippen molar-refractivity contribution in [2.24, 2.45) is 28.6 Å². The highest BCUT2D eigenvalue weighted by molar-refractivity contribution is 5.79. The first kappa shape index (κ1) is 15.1. The second-order valence-corrected chi connectivity index (χ2v) is 9.17. The van der Waals surface area contributed by atoms with E-state index in [0.29, 0.717) is 36.4 Å². The summed E-state index contributed by atoms with van der Waals surface area (Å²) >= 11 is 0. The summed E-state index contributed by atoms with van der Waals surface area (Å²) < 4.78 is 0.